The Hall–Kier alpha value is -5.60. The van der Waals surface area contributed by atoms with Crippen LogP contribution in [-0.4, -0.2) is 7.28 Å². The quantitative estimate of drug-likeness (QED) is 0.175. The minimum absolute atomic E-state index is 0.0561. The zero-order valence-corrected chi connectivity index (χ0v) is 37.0. The van der Waals surface area contributed by atoms with Gasteiger partial charge in [-0.25, -0.2) is 0 Å². The van der Waals surface area contributed by atoms with Crippen LogP contribution in [0.2, 0.25) is 0 Å². The topological polar surface area (TPSA) is 12.0 Å². The molecule has 0 radical (unpaired) electrons. The highest BCUT2D eigenvalue weighted by molar-refractivity contribution is 6.70. The average molecular weight is 792 g/mol. The fourth-order valence-corrected chi connectivity index (χ4v) is 12.8. The van der Waals surface area contributed by atoms with Gasteiger partial charge in [0.15, 0.2) is 7.28 Å². The summed E-state index contributed by atoms with van der Waals surface area (Å²) >= 11 is 0. The number of hydrogen-bond acceptors (Lipinski definition) is 1. The Morgan fingerprint density at radius 1 is 0.607 bits per heavy atom. The molecule has 0 aromatic heterocycles. The largest absolute Gasteiger partial charge is 0.354 e. The second-order valence-corrected chi connectivity index (χ2v) is 20.5. The van der Waals surface area contributed by atoms with Gasteiger partial charge < -0.3 is 5.32 Å². The van der Waals surface area contributed by atoms with E-state index in [1.54, 1.807) is 22.2 Å². The van der Waals surface area contributed by atoms with Gasteiger partial charge in [0.05, 0.1) is 11.1 Å². The molecule has 1 N–H and O–H groups in total. The molecule has 3 unspecified atom stereocenters. The first-order valence-corrected chi connectivity index (χ1v) is 23.0. The van der Waals surface area contributed by atoms with Gasteiger partial charge in [0, 0.05) is 17.2 Å². The van der Waals surface area contributed by atoms with Crippen molar-refractivity contribution in [1.29, 1.82) is 0 Å². The van der Waals surface area contributed by atoms with Gasteiger partial charge in [-0.15, -0.1) is 0 Å². The molecule has 1 saturated carbocycles. The highest BCUT2D eigenvalue weighted by Gasteiger charge is 2.52. The third-order valence-electron chi connectivity index (χ3n) is 16.3. The molecule has 4 aliphatic rings. The Morgan fingerprint density at radius 3 is 2.00 bits per heavy atom. The monoisotopic (exact) mass is 791 g/mol. The maximum absolute atomic E-state index is 4.13. The number of nitrogens with one attached hydrogen (secondary N) is 1. The van der Waals surface area contributed by atoms with Crippen molar-refractivity contribution in [3.63, 3.8) is 0 Å². The first-order chi connectivity index (χ1) is 29.5. The third kappa shape index (κ3) is 5.66. The Kier molecular flexibility index (Phi) is 8.78. The van der Waals surface area contributed by atoms with E-state index in [9.17, 15) is 0 Å². The number of benzene rings is 7. The molecule has 0 amide bonds. The van der Waals surface area contributed by atoms with Gasteiger partial charge in [0.2, 0.25) is 0 Å². The zero-order chi connectivity index (χ0) is 41.7. The lowest BCUT2D eigenvalue weighted by atomic mass is 9.49. The van der Waals surface area contributed by atoms with Crippen LogP contribution < -0.4 is 16.2 Å². The lowest BCUT2D eigenvalue weighted by Gasteiger charge is -2.51. The molecule has 11 rings (SSSR count). The molecule has 2 aliphatic carbocycles. The molecule has 2 heteroatoms. The average Bonchev–Trinajstić information content (AvgIpc) is 3.38. The number of anilines is 2. The van der Waals surface area contributed by atoms with Gasteiger partial charge in [0.1, 0.15) is 0 Å². The Bertz CT molecular complexity index is 2810. The summed E-state index contributed by atoms with van der Waals surface area (Å²) in [6.07, 6.45) is 7.72. The molecule has 0 saturated heterocycles. The van der Waals surface area contributed by atoms with E-state index in [4.69, 9.17) is 0 Å². The van der Waals surface area contributed by atoms with Crippen LogP contribution in [0.5, 0.6) is 0 Å². The van der Waals surface area contributed by atoms with Crippen molar-refractivity contribution in [2.45, 2.75) is 102 Å². The standard InChI is InChI=1S/C59H58BN/c1-38-20-13-14-25-43(38)39-34-46-44-30-33-57(5)31-17-18-32-58(57,6)50-36-42(56(2,3)4)37-51(53(44)50)60-54(46)47(35-39)45-26-19-28-49-55(45)61-52-29-16-15-27-48(52)59(49,40-21-9-7-10-22-40)41-23-11-8-12-24-41/h7-16,19-29,34-37,44,60-61H,17-18,30-33H2,1-6H3. The van der Waals surface area contributed by atoms with Crippen molar-refractivity contribution >= 4 is 29.6 Å². The van der Waals surface area contributed by atoms with E-state index in [1.165, 1.54) is 105 Å². The molecule has 0 bridgehead atoms. The lowest BCUT2D eigenvalue weighted by Crippen LogP contribution is -2.46. The second-order valence-electron chi connectivity index (χ2n) is 20.5. The van der Waals surface area contributed by atoms with E-state index in [0.717, 1.165) is 13.0 Å². The van der Waals surface area contributed by atoms with Crippen LogP contribution in [0.4, 0.5) is 11.4 Å². The summed E-state index contributed by atoms with van der Waals surface area (Å²) in [5.74, 6) is 0.352. The first kappa shape index (κ1) is 38.3. The van der Waals surface area contributed by atoms with E-state index >= 15 is 0 Å². The van der Waals surface area contributed by atoms with Crippen molar-refractivity contribution in [2.24, 2.45) is 5.41 Å². The molecule has 61 heavy (non-hydrogen) atoms. The summed E-state index contributed by atoms with van der Waals surface area (Å²) in [6.45, 7) is 14.8. The summed E-state index contributed by atoms with van der Waals surface area (Å²) in [5.41, 5.74) is 23.5. The summed E-state index contributed by atoms with van der Waals surface area (Å²) in [4.78, 5) is 0. The summed E-state index contributed by atoms with van der Waals surface area (Å²) in [6, 6.07) is 58.1. The van der Waals surface area contributed by atoms with Crippen LogP contribution in [-0.2, 0) is 16.2 Å². The van der Waals surface area contributed by atoms with E-state index in [2.05, 4.69) is 199 Å². The maximum atomic E-state index is 4.13. The molecular weight excluding hydrogens is 733 g/mol. The molecular formula is C59H58BN. The summed E-state index contributed by atoms with van der Waals surface area (Å²) in [5, 5.41) is 4.13. The molecule has 2 heterocycles. The van der Waals surface area contributed by atoms with Crippen LogP contribution in [0.15, 0.2) is 152 Å². The van der Waals surface area contributed by atoms with Crippen molar-refractivity contribution in [2.75, 3.05) is 5.32 Å². The van der Waals surface area contributed by atoms with Gasteiger partial charge in [-0.1, -0.05) is 198 Å². The number of hydrogen-bond donors (Lipinski definition) is 1. The zero-order valence-electron chi connectivity index (χ0n) is 37.0. The second kappa shape index (κ2) is 14.0. The van der Waals surface area contributed by atoms with Crippen LogP contribution >= 0.6 is 0 Å². The summed E-state index contributed by atoms with van der Waals surface area (Å²) in [7, 11) is 0.942. The number of para-hydroxylation sites is 2. The van der Waals surface area contributed by atoms with Gasteiger partial charge in [-0.05, 0) is 128 Å². The molecule has 7 aromatic rings. The smallest absolute Gasteiger partial charge is 0.193 e. The van der Waals surface area contributed by atoms with Crippen LogP contribution in [0.1, 0.15) is 129 Å². The van der Waals surface area contributed by atoms with E-state index in [1.807, 2.05) is 0 Å². The van der Waals surface area contributed by atoms with Gasteiger partial charge in [-0.2, -0.15) is 0 Å². The van der Waals surface area contributed by atoms with E-state index < -0.39 is 5.41 Å². The Balaban J connectivity index is 1.22. The lowest BCUT2D eigenvalue weighted by molar-refractivity contribution is 0.0796. The highest BCUT2D eigenvalue weighted by Crippen LogP contribution is 2.60. The molecule has 0 spiro atoms. The Labute approximate surface area is 364 Å². The van der Waals surface area contributed by atoms with Crippen molar-refractivity contribution < 1.29 is 0 Å². The normalized spacial score (nSPS) is 21.9. The fraction of sp³-hybridized carbons (Fsp3) is 0.288. The molecule has 2 aliphatic heterocycles. The predicted octanol–water partition coefficient (Wildman–Crippen LogP) is 13.5. The highest BCUT2D eigenvalue weighted by atomic mass is 14.9. The van der Waals surface area contributed by atoms with Crippen LogP contribution in [0.3, 0.4) is 0 Å². The third-order valence-corrected chi connectivity index (χ3v) is 16.3. The van der Waals surface area contributed by atoms with Gasteiger partial charge in [-0.3, -0.25) is 0 Å². The first-order valence-electron chi connectivity index (χ1n) is 23.0. The number of rotatable bonds is 4. The van der Waals surface area contributed by atoms with Crippen molar-refractivity contribution in [3.8, 4) is 22.3 Å². The van der Waals surface area contributed by atoms with E-state index in [-0.39, 0.29) is 16.2 Å². The minimum atomic E-state index is -0.519. The van der Waals surface area contributed by atoms with Gasteiger partial charge in [0.25, 0.3) is 0 Å². The number of fused-ring (bicyclic) bond motifs is 6. The molecule has 302 valence electrons. The summed E-state index contributed by atoms with van der Waals surface area (Å²) < 4.78 is 0. The molecule has 1 nitrogen and oxygen atoms in total. The van der Waals surface area contributed by atoms with Crippen molar-refractivity contribution in [3.05, 3.63) is 202 Å². The molecule has 7 aromatic carbocycles. The Morgan fingerprint density at radius 2 is 1.26 bits per heavy atom. The fourth-order valence-electron chi connectivity index (χ4n) is 12.8. The van der Waals surface area contributed by atoms with Gasteiger partial charge >= 0.3 is 0 Å². The predicted molar refractivity (Wildman–Crippen MR) is 260 cm³/mol. The van der Waals surface area contributed by atoms with Crippen molar-refractivity contribution in [1.82, 2.24) is 0 Å². The minimum Gasteiger partial charge on any atom is -0.354 e. The van der Waals surface area contributed by atoms with E-state index in [0.29, 0.717) is 5.92 Å². The van der Waals surface area contributed by atoms with Crippen LogP contribution in [0.25, 0.3) is 22.3 Å². The SMILES string of the molecule is Cc1ccccc1-c1cc(-c2cccc3c2Nc2ccccc2C3(c2ccccc2)c2ccccc2)c2c(c1)C1CCC3(C)CCCCC3(C)c3cc(C(C)(C)C)cc(c31)B2. The van der Waals surface area contributed by atoms with Crippen LogP contribution in [0, 0.1) is 12.3 Å². The molecule has 1 fully saturated rings. The number of aryl methyl sites for hydroxylation is 1. The maximum Gasteiger partial charge on any atom is 0.193 e. The molecule has 3 atom stereocenters.